The van der Waals surface area contributed by atoms with E-state index in [-0.39, 0.29) is 11.6 Å². The van der Waals surface area contributed by atoms with Crippen molar-refractivity contribution < 1.29 is 9.50 Å². The summed E-state index contributed by atoms with van der Waals surface area (Å²) in [6, 6.07) is 12.6. The maximum atomic E-state index is 13.6. The van der Waals surface area contributed by atoms with E-state index >= 15 is 0 Å². The van der Waals surface area contributed by atoms with Crippen LogP contribution in [0.25, 0.3) is 0 Å². The Morgan fingerprint density at radius 3 is 2.33 bits per heavy atom. The van der Waals surface area contributed by atoms with E-state index in [4.69, 9.17) is 0 Å². The summed E-state index contributed by atoms with van der Waals surface area (Å²) < 4.78 is 13.6. The number of benzene rings is 2. The lowest BCUT2D eigenvalue weighted by Crippen LogP contribution is -2.16. The lowest BCUT2D eigenvalue weighted by molar-refractivity contribution is 0.271. The second-order valence-corrected chi connectivity index (χ2v) is 4.69. The highest BCUT2D eigenvalue weighted by molar-refractivity contribution is 5.32. The van der Waals surface area contributed by atoms with Crippen LogP contribution in [0.15, 0.2) is 42.5 Å². The fourth-order valence-electron chi connectivity index (χ4n) is 2.42. The van der Waals surface area contributed by atoms with Crippen molar-refractivity contribution in [3.05, 3.63) is 65.0 Å². The number of halogens is 1. The molecule has 2 aromatic carbocycles. The Hall–Kier alpha value is -1.87. The number of hydrogen-bond acceptors (Lipinski definition) is 2. The molecule has 3 heteroatoms. The number of phenolic OH excluding ortho intramolecular Hbond substituents is 1. The molecule has 18 heavy (non-hydrogen) atoms. The molecule has 0 saturated heterocycles. The number of hydrogen-bond donors (Lipinski definition) is 1. The van der Waals surface area contributed by atoms with E-state index in [9.17, 15) is 9.50 Å². The third-order valence-electron chi connectivity index (χ3n) is 3.34. The molecule has 0 radical (unpaired) electrons. The number of fused-ring (bicyclic) bond motifs is 1. The molecule has 0 bridgehead atoms. The van der Waals surface area contributed by atoms with Gasteiger partial charge in [0.25, 0.3) is 0 Å². The number of aromatic hydroxyl groups is 1. The van der Waals surface area contributed by atoms with Crippen LogP contribution in [0.5, 0.6) is 5.75 Å². The molecule has 1 aliphatic heterocycles. The zero-order valence-electron chi connectivity index (χ0n) is 9.94. The van der Waals surface area contributed by atoms with E-state index in [0.717, 1.165) is 13.1 Å². The van der Waals surface area contributed by atoms with Crippen molar-refractivity contribution in [3.8, 4) is 5.75 Å². The van der Waals surface area contributed by atoms with Gasteiger partial charge >= 0.3 is 0 Å². The minimum atomic E-state index is -0.342. The van der Waals surface area contributed by atoms with Gasteiger partial charge in [0.1, 0.15) is 11.6 Å². The van der Waals surface area contributed by atoms with Gasteiger partial charge in [-0.2, -0.15) is 0 Å². The van der Waals surface area contributed by atoms with E-state index in [1.165, 1.54) is 23.3 Å². The fourth-order valence-corrected chi connectivity index (χ4v) is 2.42. The third-order valence-corrected chi connectivity index (χ3v) is 3.34. The Morgan fingerprint density at radius 2 is 1.72 bits per heavy atom. The molecule has 0 unspecified atom stereocenters. The van der Waals surface area contributed by atoms with Crippen LogP contribution in [0, 0.1) is 5.82 Å². The van der Waals surface area contributed by atoms with Crippen LogP contribution in [0.2, 0.25) is 0 Å². The Morgan fingerprint density at radius 1 is 1.06 bits per heavy atom. The first-order valence-corrected chi connectivity index (χ1v) is 5.99. The topological polar surface area (TPSA) is 23.5 Å². The summed E-state index contributed by atoms with van der Waals surface area (Å²) >= 11 is 0. The summed E-state index contributed by atoms with van der Waals surface area (Å²) in [5.41, 5.74) is 3.26. The highest BCUT2D eigenvalue weighted by Gasteiger charge is 2.19. The van der Waals surface area contributed by atoms with Gasteiger partial charge in [-0.15, -0.1) is 0 Å². The Bertz CT molecular complexity index is 557. The molecule has 0 saturated carbocycles. The van der Waals surface area contributed by atoms with Gasteiger partial charge in [-0.3, -0.25) is 4.90 Å². The zero-order chi connectivity index (χ0) is 12.5. The van der Waals surface area contributed by atoms with Gasteiger partial charge in [0.2, 0.25) is 0 Å². The van der Waals surface area contributed by atoms with Crippen molar-refractivity contribution in [2.45, 2.75) is 19.6 Å². The number of phenols is 1. The third kappa shape index (κ3) is 2.09. The van der Waals surface area contributed by atoms with Gasteiger partial charge in [0.05, 0.1) is 0 Å². The molecule has 92 valence electrons. The van der Waals surface area contributed by atoms with Crippen LogP contribution in [-0.4, -0.2) is 10.0 Å². The van der Waals surface area contributed by atoms with E-state index in [1.54, 1.807) is 6.07 Å². The smallest absolute Gasteiger partial charge is 0.131 e. The first kappa shape index (κ1) is 11.2. The van der Waals surface area contributed by atoms with Crippen molar-refractivity contribution in [1.82, 2.24) is 4.90 Å². The molecule has 1 N–H and O–H groups in total. The van der Waals surface area contributed by atoms with Gasteiger partial charge < -0.3 is 5.11 Å². The molecule has 2 aromatic rings. The van der Waals surface area contributed by atoms with Crippen LogP contribution < -0.4 is 0 Å². The molecule has 1 aliphatic rings. The lowest BCUT2D eigenvalue weighted by atomic mass is 10.1. The summed E-state index contributed by atoms with van der Waals surface area (Å²) in [6.45, 7) is 2.29. The van der Waals surface area contributed by atoms with E-state index in [1.807, 2.05) is 12.1 Å². The fraction of sp³-hybridized carbons (Fsp3) is 0.200. The van der Waals surface area contributed by atoms with E-state index < -0.39 is 0 Å². The first-order chi connectivity index (χ1) is 8.72. The Labute approximate surface area is 105 Å². The quantitative estimate of drug-likeness (QED) is 0.876. The molecular formula is C15H14FNO. The average Bonchev–Trinajstić information content (AvgIpc) is 2.75. The minimum Gasteiger partial charge on any atom is -0.508 e. The number of nitrogens with zero attached hydrogens (tertiary/aromatic N) is 1. The van der Waals surface area contributed by atoms with E-state index in [0.29, 0.717) is 12.1 Å². The molecule has 2 nitrogen and oxygen atoms in total. The second kappa shape index (κ2) is 4.42. The second-order valence-electron chi connectivity index (χ2n) is 4.69. The molecule has 0 aromatic heterocycles. The largest absolute Gasteiger partial charge is 0.508 e. The molecule has 0 atom stereocenters. The summed E-state index contributed by atoms with van der Waals surface area (Å²) in [4.78, 5) is 2.19. The van der Waals surface area contributed by atoms with Gasteiger partial charge in [-0.05, 0) is 17.2 Å². The van der Waals surface area contributed by atoms with Crippen molar-refractivity contribution in [3.63, 3.8) is 0 Å². The number of rotatable bonds is 2. The maximum absolute atomic E-state index is 13.6. The van der Waals surface area contributed by atoms with Crippen LogP contribution in [-0.2, 0) is 19.6 Å². The highest BCUT2D eigenvalue weighted by Crippen LogP contribution is 2.25. The highest BCUT2D eigenvalue weighted by atomic mass is 19.1. The molecule has 3 rings (SSSR count). The Balaban J connectivity index is 1.76. The van der Waals surface area contributed by atoms with Gasteiger partial charge in [-0.25, -0.2) is 4.39 Å². The molecule has 0 spiro atoms. The Kier molecular flexibility index (Phi) is 2.76. The lowest BCUT2D eigenvalue weighted by Gasteiger charge is -2.15. The predicted molar refractivity (Wildman–Crippen MR) is 67.5 cm³/mol. The average molecular weight is 243 g/mol. The van der Waals surface area contributed by atoms with Gasteiger partial charge in [-0.1, -0.05) is 30.3 Å². The summed E-state index contributed by atoms with van der Waals surface area (Å²) in [6.07, 6.45) is 0. The van der Waals surface area contributed by atoms with Crippen molar-refractivity contribution in [2.75, 3.05) is 0 Å². The van der Waals surface area contributed by atoms with Crippen LogP contribution >= 0.6 is 0 Å². The first-order valence-electron chi connectivity index (χ1n) is 5.99. The SMILES string of the molecule is Oc1ccc(CN2Cc3ccccc3C2)c(F)c1. The summed E-state index contributed by atoms with van der Waals surface area (Å²) in [5, 5.41) is 9.19. The molecule has 0 aliphatic carbocycles. The van der Waals surface area contributed by atoms with Crippen molar-refractivity contribution in [1.29, 1.82) is 0 Å². The minimum absolute atomic E-state index is 0.0269. The molecule has 1 heterocycles. The van der Waals surface area contributed by atoms with Crippen molar-refractivity contribution in [2.24, 2.45) is 0 Å². The van der Waals surface area contributed by atoms with Gasteiger partial charge in [0, 0.05) is 31.3 Å². The zero-order valence-corrected chi connectivity index (χ0v) is 9.94. The standard InChI is InChI=1S/C15H14FNO/c16-15-7-14(18)6-5-13(15)10-17-8-11-3-1-2-4-12(11)9-17/h1-7,18H,8-10H2. The van der Waals surface area contributed by atoms with E-state index in [2.05, 4.69) is 17.0 Å². The molecular weight excluding hydrogens is 229 g/mol. The monoisotopic (exact) mass is 243 g/mol. The van der Waals surface area contributed by atoms with Crippen LogP contribution in [0.4, 0.5) is 4.39 Å². The normalized spacial score (nSPS) is 14.7. The molecule has 0 fully saturated rings. The van der Waals surface area contributed by atoms with Gasteiger partial charge in [0.15, 0.2) is 0 Å². The maximum Gasteiger partial charge on any atom is 0.131 e. The summed E-state index contributed by atoms with van der Waals surface area (Å²) in [7, 11) is 0. The predicted octanol–water partition coefficient (Wildman–Crippen LogP) is 3.05. The van der Waals surface area contributed by atoms with Crippen LogP contribution in [0.3, 0.4) is 0 Å². The summed E-state index contributed by atoms with van der Waals surface area (Å²) in [5.74, 6) is -0.369. The molecule has 0 amide bonds. The van der Waals surface area contributed by atoms with Crippen molar-refractivity contribution >= 4 is 0 Å². The van der Waals surface area contributed by atoms with Crippen LogP contribution in [0.1, 0.15) is 16.7 Å².